The number of ether oxygens (including phenoxy) is 3. The van der Waals surface area contributed by atoms with E-state index in [2.05, 4.69) is 4.89 Å². The van der Waals surface area contributed by atoms with Crippen LogP contribution in [-0.2, 0) is 23.0 Å². The molecule has 0 aliphatic heterocycles. The summed E-state index contributed by atoms with van der Waals surface area (Å²) in [5.41, 5.74) is -4.36. The summed E-state index contributed by atoms with van der Waals surface area (Å²) >= 11 is 0. The Morgan fingerprint density at radius 1 is 0.717 bits per heavy atom. The maximum atomic E-state index is 14.2. The second-order valence-corrected chi connectivity index (χ2v) is 11.2. The first-order valence-corrected chi connectivity index (χ1v) is 14.9. The average molecular weight is 756 g/mol. The normalized spacial score (nSPS) is 11.8. The van der Waals surface area contributed by atoms with Crippen molar-refractivity contribution in [2.45, 2.75) is 32.5 Å². The summed E-state index contributed by atoms with van der Waals surface area (Å²) < 4.78 is 100. The monoisotopic (exact) mass is 755 g/mol. The van der Waals surface area contributed by atoms with Crippen LogP contribution in [-0.4, -0.2) is 52.8 Å². The standard InChI is InChI=1S/C34H27F6NO12/c1-20-2-13-28(30(42)43)29(14-20)31(44)52-26-9-5-24(6-10-26)48-18-32(33(35,36)37,34(38,39)40)19-49-25-7-11-27(12-8-25)53-51-17-22-15-23(41(45)46)4-3-21(22)16-50-47/h2-15,47H,16-19H2,1H3,(H,42,43). The molecule has 0 fully saturated rings. The highest BCUT2D eigenvalue weighted by Gasteiger charge is 2.72. The van der Waals surface area contributed by atoms with E-state index in [1.165, 1.54) is 30.3 Å². The molecule has 0 saturated carbocycles. The molecule has 0 aliphatic rings. The van der Waals surface area contributed by atoms with Crippen molar-refractivity contribution in [2.24, 2.45) is 5.41 Å². The van der Waals surface area contributed by atoms with E-state index < -0.39 is 59.3 Å². The minimum absolute atomic E-state index is 0.0701. The Hall–Kier alpha value is -5.92. The van der Waals surface area contributed by atoms with Crippen molar-refractivity contribution in [1.82, 2.24) is 0 Å². The lowest BCUT2D eigenvalue weighted by molar-refractivity contribution is -0.385. The van der Waals surface area contributed by atoms with E-state index in [1.54, 1.807) is 6.92 Å². The van der Waals surface area contributed by atoms with E-state index in [-0.39, 0.29) is 47.1 Å². The Bertz CT molecular complexity index is 1900. The topological polar surface area (TPSA) is 173 Å². The lowest BCUT2D eigenvalue weighted by atomic mass is 9.88. The Kier molecular flexibility index (Phi) is 12.5. The highest BCUT2D eigenvalue weighted by molar-refractivity contribution is 6.03. The zero-order valence-electron chi connectivity index (χ0n) is 27.1. The first-order chi connectivity index (χ1) is 24.9. The largest absolute Gasteiger partial charge is 0.492 e. The van der Waals surface area contributed by atoms with Crippen LogP contribution in [0, 0.1) is 22.5 Å². The number of hydrogen-bond donors (Lipinski definition) is 2. The molecule has 0 aromatic heterocycles. The van der Waals surface area contributed by atoms with E-state index in [0.29, 0.717) is 11.1 Å². The van der Waals surface area contributed by atoms with Gasteiger partial charge in [-0.05, 0) is 84.8 Å². The third-order valence-corrected chi connectivity index (χ3v) is 7.53. The van der Waals surface area contributed by atoms with E-state index in [1.807, 2.05) is 0 Å². The first kappa shape index (κ1) is 39.9. The summed E-state index contributed by atoms with van der Waals surface area (Å²) in [5, 5.41) is 29.1. The minimum Gasteiger partial charge on any atom is -0.492 e. The van der Waals surface area contributed by atoms with Gasteiger partial charge in [-0.2, -0.15) is 31.2 Å². The van der Waals surface area contributed by atoms with E-state index in [9.17, 15) is 51.2 Å². The SMILES string of the molecule is Cc1ccc(C(=O)O)c(C(=O)Oc2ccc(OCC(COc3ccc(OOCc4cc([N+](=O)[O-])ccc4COO)cc3)(C(F)(F)F)C(F)(F)F)cc2)c1. The van der Waals surface area contributed by atoms with Gasteiger partial charge in [-0.15, -0.1) is 0 Å². The molecule has 282 valence electrons. The van der Waals surface area contributed by atoms with Crippen LogP contribution in [0.4, 0.5) is 32.0 Å². The number of carboxylic acid groups (broad SMARTS) is 1. The van der Waals surface area contributed by atoms with Crippen LogP contribution < -0.4 is 19.1 Å². The molecule has 13 nitrogen and oxygen atoms in total. The smallest absolute Gasteiger partial charge is 0.409 e. The summed E-state index contributed by atoms with van der Waals surface area (Å²) in [4.78, 5) is 48.6. The van der Waals surface area contributed by atoms with Gasteiger partial charge in [0.05, 0.1) is 16.1 Å². The summed E-state index contributed by atoms with van der Waals surface area (Å²) in [5.74, 6) is -3.61. The van der Waals surface area contributed by atoms with Crippen LogP contribution in [0.2, 0.25) is 0 Å². The van der Waals surface area contributed by atoms with Gasteiger partial charge in [-0.3, -0.25) is 15.4 Å². The Morgan fingerprint density at radius 3 is 1.77 bits per heavy atom. The van der Waals surface area contributed by atoms with Gasteiger partial charge in [-0.1, -0.05) is 11.6 Å². The number of esters is 1. The fourth-order valence-corrected chi connectivity index (χ4v) is 4.55. The second-order valence-electron chi connectivity index (χ2n) is 11.2. The molecule has 4 aromatic carbocycles. The molecule has 0 saturated heterocycles. The lowest BCUT2D eigenvalue weighted by Gasteiger charge is -2.36. The van der Waals surface area contributed by atoms with Gasteiger partial charge in [0, 0.05) is 12.1 Å². The van der Waals surface area contributed by atoms with E-state index in [0.717, 1.165) is 54.6 Å². The number of nitrogens with zero attached hydrogens (tertiary/aromatic N) is 1. The van der Waals surface area contributed by atoms with Gasteiger partial charge in [0.25, 0.3) is 5.69 Å². The van der Waals surface area contributed by atoms with Crippen LogP contribution in [0.25, 0.3) is 0 Å². The molecular formula is C34H27F6NO12. The minimum atomic E-state index is -5.92. The molecular weight excluding hydrogens is 728 g/mol. The predicted octanol–water partition coefficient (Wildman–Crippen LogP) is 7.89. The highest BCUT2D eigenvalue weighted by atomic mass is 19.4. The van der Waals surface area contributed by atoms with Crippen LogP contribution in [0.5, 0.6) is 23.0 Å². The first-order valence-electron chi connectivity index (χ1n) is 14.9. The van der Waals surface area contributed by atoms with Crippen molar-refractivity contribution in [1.29, 1.82) is 0 Å². The summed E-state index contributed by atoms with van der Waals surface area (Å²) in [7, 11) is 0. The van der Waals surface area contributed by atoms with Crippen molar-refractivity contribution in [3.05, 3.63) is 123 Å². The van der Waals surface area contributed by atoms with Gasteiger partial charge < -0.3 is 24.2 Å². The molecule has 4 aromatic rings. The number of aromatic carboxylic acids is 1. The number of alkyl halides is 6. The van der Waals surface area contributed by atoms with Crippen molar-refractivity contribution >= 4 is 17.6 Å². The molecule has 0 spiro atoms. The molecule has 4 rings (SSSR count). The third-order valence-electron chi connectivity index (χ3n) is 7.53. The zero-order valence-corrected chi connectivity index (χ0v) is 27.1. The van der Waals surface area contributed by atoms with Crippen molar-refractivity contribution in [3.8, 4) is 23.0 Å². The van der Waals surface area contributed by atoms with Gasteiger partial charge in [0.15, 0.2) is 5.75 Å². The van der Waals surface area contributed by atoms with Gasteiger partial charge in [-0.25, -0.2) is 14.5 Å². The fourth-order valence-electron chi connectivity index (χ4n) is 4.55. The Morgan fingerprint density at radius 2 is 1.26 bits per heavy atom. The van der Waals surface area contributed by atoms with Crippen LogP contribution in [0.3, 0.4) is 0 Å². The summed E-state index contributed by atoms with van der Waals surface area (Å²) in [6.45, 7) is -3.02. The Labute approximate surface area is 294 Å². The Balaban J connectivity index is 1.40. The van der Waals surface area contributed by atoms with Crippen molar-refractivity contribution < 1.29 is 80.1 Å². The number of nitro benzene ring substituents is 1. The van der Waals surface area contributed by atoms with Crippen molar-refractivity contribution in [2.75, 3.05) is 13.2 Å². The average Bonchev–Trinajstić information content (AvgIpc) is 3.09. The quantitative estimate of drug-likeness (QED) is 0.0283. The number of halogens is 6. The molecule has 19 heteroatoms. The maximum Gasteiger partial charge on any atom is 0.409 e. The maximum absolute atomic E-state index is 14.2. The lowest BCUT2D eigenvalue weighted by Crippen LogP contribution is -2.57. The number of carboxylic acids is 1. The molecule has 2 N–H and O–H groups in total. The highest BCUT2D eigenvalue weighted by Crippen LogP contribution is 2.51. The number of hydrogen-bond acceptors (Lipinski definition) is 11. The number of carbonyl (C=O) groups is 2. The molecule has 0 unspecified atom stereocenters. The van der Waals surface area contributed by atoms with Crippen LogP contribution >= 0.6 is 0 Å². The third kappa shape index (κ3) is 9.90. The van der Waals surface area contributed by atoms with Crippen molar-refractivity contribution in [3.63, 3.8) is 0 Å². The van der Waals surface area contributed by atoms with Gasteiger partial charge in [0.2, 0.25) is 5.41 Å². The molecule has 0 aliphatic carbocycles. The summed E-state index contributed by atoms with van der Waals surface area (Å²) in [6, 6.07) is 15.8. The summed E-state index contributed by atoms with van der Waals surface area (Å²) in [6.07, 6.45) is -11.8. The van der Waals surface area contributed by atoms with Gasteiger partial charge >= 0.3 is 24.3 Å². The predicted molar refractivity (Wildman–Crippen MR) is 167 cm³/mol. The molecule has 0 bridgehead atoms. The molecule has 0 radical (unpaired) electrons. The fraction of sp³-hybridized carbons (Fsp3) is 0.235. The molecule has 53 heavy (non-hydrogen) atoms. The van der Waals surface area contributed by atoms with Crippen LogP contribution in [0.15, 0.2) is 84.9 Å². The number of nitro groups is 1. The molecule has 0 atom stereocenters. The second kappa shape index (κ2) is 16.6. The van der Waals surface area contributed by atoms with E-state index >= 15 is 0 Å². The number of carbonyl (C=O) groups excluding carboxylic acids is 1. The number of aryl methyl sites for hydroxylation is 1. The number of rotatable bonds is 16. The zero-order chi connectivity index (χ0) is 39.0. The van der Waals surface area contributed by atoms with Crippen LogP contribution in [0.1, 0.15) is 37.4 Å². The molecule has 0 heterocycles. The number of benzene rings is 4. The van der Waals surface area contributed by atoms with Gasteiger partial charge in [0.1, 0.15) is 43.7 Å². The van der Waals surface area contributed by atoms with E-state index in [4.69, 9.17) is 29.2 Å². The number of non-ortho nitro benzene ring substituents is 1. The molecule has 0 amide bonds.